The van der Waals surface area contributed by atoms with Gasteiger partial charge >= 0.3 is 11.8 Å². The van der Waals surface area contributed by atoms with E-state index in [1.165, 1.54) is 7.11 Å². The molecule has 2 amide bonds. The average molecular weight is 324 g/mol. The molecule has 0 spiro atoms. The molecule has 1 aliphatic heterocycles. The van der Waals surface area contributed by atoms with Crippen LogP contribution in [-0.2, 0) is 14.3 Å². The van der Waals surface area contributed by atoms with E-state index in [4.69, 9.17) is 9.47 Å². The summed E-state index contributed by atoms with van der Waals surface area (Å²) in [6.45, 7) is 0.334. The van der Waals surface area contributed by atoms with Crippen molar-refractivity contribution in [1.29, 1.82) is 0 Å². The Kier molecular flexibility index (Phi) is 5.68. The summed E-state index contributed by atoms with van der Waals surface area (Å²) < 4.78 is 10.6. The van der Waals surface area contributed by atoms with E-state index in [2.05, 4.69) is 10.6 Å². The van der Waals surface area contributed by atoms with Crippen molar-refractivity contribution < 1.29 is 19.1 Å². The fourth-order valence-electron chi connectivity index (χ4n) is 2.17. The smallest absolute Gasteiger partial charge is 0.313 e. The zero-order valence-electron chi connectivity index (χ0n) is 12.7. The Labute approximate surface area is 133 Å². The minimum Gasteiger partial charge on any atom is -0.497 e. The van der Waals surface area contributed by atoms with E-state index in [1.807, 2.05) is 0 Å². The average Bonchev–Trinajstić information content (AvgIpc) is 3.02. The SMILES string of the molecule is COc1cccc(NC(=O)C(=O)NCC2(OC)CCSC2)c1. The highest BCUT2D eigenvalue weighted by Crippen LogP contribution is 2.30. The van der Waals surface area contributed by atoms with Crippen molar-refractivity contribution in [2.45, 2.75) is 12.0 Å². The second-order valence-corrected chi connectivity index (χ2v) is 6.16. The minimum atomic E-state index is -0.704. The van der Waals surface area contributed by atoms with E-state index in [0.29, 0.717) is 18.0 Å². The second kappa shape index (κ2) is 7.51. The fourth-order valence-corrected chi connectivity index (χ4v) is 3.57. The third kappa shape index (κ3) is 4.14. The van der Waals surface area contributed by atoms with E-state index in [-0.39, 0.29) is 5.60 Å². The zero-order valence-corrected chi connectivity index (χ0v) is 13.5. The first-order valence-corrected chi connectivity index (χ1v) is 8.10. The van der Waals surface area contributed by atoms with Crippen molar-refractivity contribution in [3.05, 3.63) is 24.3 Å². The molecule has 1 heterocycles. The predicted octanol–water partition coefficient (Wildman–Crippen LogP) is 1.27. The number of ether oxygens (including phenoxy) is 2. The van der Waals surface area contributed by atoms with E-state index in [9.17, 15) is 9.59 Å². The number of benzene rings is 1. The number of nitrogens with one attached hydrogen (secondary N) is 2. The van der Waals surface area contributed by atoms with Gasteiger partial charge in [0.05, 0.1) is 12.7 Å². The van der Waals surface area contributed by atoms with Crippen LogP contribution in [0.1, 0.15) is 6.42 Å². The Bertz CT molecular complexity index is 544. The van der Waals surface area contributed by atoms with Crippen LogP contribution in [0.5, 0.6) is 5.75 Å². The van der Waals surface area contributed by atoms with Crippen molar-refractivity contribution in [3.63, 3.8) is 0 Å². The van der Waals surface area contributed by atoms with E-state index >= 15 is 0 Å². The maximum atomic E-state index is 11.9. The molecule has 1 unspecified atom stereocenters. The van der Waals surface area contributed by atoms with Gasteiger partial charge in [-0.1, -0.05) is 6.07 Å². The highest BCUT2D eigenvalue weighted by atomic mass is 32.2. The number of methoxy groups -OCH3 is 2. The standard InChI is InChI=1S/C15H20N2O4S/c1-20-12-5-3-4-11(8-12)17-14(19)13(18)16-9-15(21-2)6-7-22-10-15/h3-5,8H,6-7,9-10H2,1-2H3,(H,16,18)(H,17,19). The number of carbonyl (C=O) groups excluding carboxylic acids is 2. The molecular formula is C15H20N2O4S. The summed E-state index contributed by atoms with van der Waals surface area (Å²) in [5, 5.41) is 5.19. The first kappa shape index (κ1) is 16.6. The molecule has 22 heavy (non-hydrogen) atoms. The third-order valence-electron chi connectivity index (χ3n) is 3.61. The van der Waals surface area contributed by atoms with Crippen LogP contribution in [-0.4, -0.2) is 49.7 Å². The molecule has 1 aliphatic rings. The van der Waals surface area contributed by atoms with Crippen LogP contribution in [0.4, 0.5) is 5.69 Å². The minimum absolute atomic E-state index is 0.334. The summed E-state index contributed by atoms with van der Waals surface area (Å²) in [4.78, 5) is 23.8. The van der Waals surface area contributed by atoms with Gasteiger partial charge in [-0.3, -0.25) is 9.59 Å². The molecule has 2 N–H and O–H groups in total. The molecule has 1 atom stereocenters. The first-order valence-electron chi connectivity index (χ1n) is 6.95. The lowest BCUT2D eigenvalue weighted by atomic mass is 10.0. The van der Waals surface area contributed by atoms with Crippen LogP contribution >= 0.6 is 11.8 Å². The van der Waals surface area contributed by atoms with Crippen molar-refractivity contribution in [2.24, 2.45) is 0 Å². The van der Waals surface area contributed by atoms with Crippen molar-refractivity contribution >= 4 is 29.3 Å². The van der Waals surface area contributed by atoms with Crippen LogP contribution in [0.25, 0.3) is 0 Å². The number of rotatable bonds is 5. The molecule has 0 aliphatic carbocycles. The van der Waals surface area contributed by atoms with Crippen LogP contribution in [0.3, 0.4) is 0 Å². The number of anilines is 1. The van der Waals surface area contributed by atoms with Crippen LogP contribution in [0.2, 0.25) is 0 Å². The Morgan fingerprint density at radius 1 is 1.32 bits per heavy atom. The maximum Gasteiger partial charge on any atom is 0.313 e. The molecule has 120 valence electrons. The van der Waals surface area contributed by atoms with Gasteiger partial charge in [-0.2, -0.15) is 11.8 Å². The van der Waals surface area contributed by atoms with Crippen LogP contribution < -0.4 is 15.4 Å². The summed E-state index contributed by atoms with van der Waals surface area (Å²) in [5.41, 5.74) is 0.147. The number of carbonyl (C=O) groups is 2. The van der Waals surface area contributed by atoms with E-state index < -0.39 is 11.8 Å². The summed E-state index contributed by atoms with van der Waals surface area (Å²) >= 11 is 1.78. The number of thioether (sulfide) groups is 1. The molecule has 1 aromatic rings. The summed E-state index contributed by atoms with van der Waals surface area (Å²) in [6.07, 6.45) is 0.867. The third-order valence-corrected chi connectivity index (χ3v) is 4.83. The molecule has 0 saturated carbocycles. The Morgan fingerprint density at radius 2 is 2.14 bits per heavy atom. The molecule has 1 fully saturated rings. The lowest BCUT2D eigenvalue weighted by molar-refractivity contribution is -0.136. The van der Waals surface area contributed by atoms with Gasteiger partial charge in [-0.25, -0.2) is 0 Å². The quantitative estimate of drug-likeness (QED) is 0.798. The zero-order chi connectivity index (χ0) is 16.0. The fraction of sp³-hybridized carbons (Fsp3) is 0.467. The van der Waals surface area contributed by atoms with Gasteiger partial charge < -0.3 is 20.1 Å². The molecule has 7 heteroatoms. The van der Waals surface area contributed by atoms with Gasteiger partial charge in [0.1, 0.15) is 5.75 Å². The normalized spacial score (nSPS) is 20.5. The predicted molar refractivity (Wildman–Crippen MR) is 86.3 cm³/mol. The molecule has 2 rings (SSSR count). The molecule has 6 nitrogen and oxygen atoms in total. The van der Waals surface area contributed by atoms with Gasteiger partial charge in [-0.05, 0) is 24.3 Å². The van der Waals surface area contributed by atoms with Crippen molar-refractivity contribution in [2.75, 3.05) is 37.6 Å². The van der Waals surface area contributed by atoms with Crippen molar-refractivity contribution in [1.82, 2.24) is 5.32 Å². The molecular weight excluding hydrogens is 304 g/mol. The highest BCUT2D eigenvalue weighted by Gasteiger charge is 2.35. The van der Waals surface area contributed by atoms with Gasteiger partial charge in [-0.15, -0.1) is 0 Å². The number of hydrogen-bond acceptors (Lipinski definition) is 5. The van der Waals surface area contributed by atoms with Gasteiger partial charge in [0.15, 0.2) is 0 Å². The molecule has 0 bridgehead atoms. The summed E-state index contributed by atoms with van der Waals surface area (Å²) in [6, 6.07) is 6.84. The maximum absolute atomic E-state index is 11.9. The Hall–Kier alpha value is -1.73. The molecule has 1 aromatic carbocycles. The second-order valence-electron chi connectivity index (χ2n) is 5.06. The number of amides is 2. The van der Waals surface area contributed by atoms with Crippen LogP contribution in [0.15, 0.2) is 24.3 Å². The highest BCUT2D eigenvalue weighted by molar-refractivity contribution is 7.99. The lowest BCUT2D eigenvalue weighted by Crippen LogP contribution is -2.47. The van der Waals surface area contributed by atoms with E-state index in [0.717, 1.165) is 17.9 Å². The van der Waals surface area contributed by atoms with Gasteiger partial charge in [0.25, 0.3) is 0 Å². The van der Waals surface area contributed by atoms with Crippen LogP contribution in [0, 0.1) is 0 Å². The number of hydrogen-bond donors (Lipinski definition) is 2. The largest absolute Gasteiger partial charge is 0.497 e. The Balaban J connectivity index is 1.87. The molecule has 0 aromatic heterocycles. The molecule has 0 radical (unpaired) electrons. The summed E-state index contributed by atoms with van der Waals surface area (Å²) in [7, 11) is 3.17. The topological polar surface area (TPSA) is 76.7 Å². The molecule has 1 saturated heterocycles. The summed E-state index contributed by atoms with van der Waals surface area (Å²) in [5.74, 6) is 1.06. The lowest BCUT2D eigenvalue weighted by Gasteiger charge is -2.26. The van der Waals surface area contributed by atoms with Crippen molar-refractivity contribution in [3.8, 4) is 5.75 Å². The van der Waals surface area contributed by atoms with Gasteiger partial charge in [0.2, 0.25) is 0 Å². The Morgan fingerprint density at radius 3 is 2.77 bits per heavy atom. The first-order chi connectivity index (χ1) is 10.6. The monoisotopic (exact) mass is 324 g/mol. The van der Waals surface area contributed by atoms with Gasteiger partial charge in [0, 0.05) is 31.2 Å². The van der Waals surface area contributed by atoms with E-state index in [1.54, 1.807) is 43.1 Å².